The van der Waals surface area contributed by atoms with Gasteiger partial charge in [0.25, 0.3) is 0 Å². The highest BCUT2D eigenvalue weighted by Crippen LogP contribution is 2.65. The van der Waals surface area contributed by atoms with Gasteiger partial charge in [-0.3, -0.25) is 0 Å². The molecule has 0 saturated heterocycles. The van der Waals surface area contributed by atoms with Gasteiger partial charge in [-0.2, -0.15) is 0 Å². The third kappa shape index (κ3) is 5.32. The molecule has 1 aromatic heterocycles. The van der Waals surface area contributed by atoms with E-state index in [9.17, 15) is 0 Å². The molecule has 0 bridgehead atoms. The summed E-state index contributed by atoms with van der Waals surface area (Å²) < 4.78 is 2.66. The van der Waals surface area contributed by atoms with Crippen LogP contribution >= 0.6 is 11.3 Å². The summed E-state index contributed by atoms with van der Waals surface area (Å²) in [6.45, 7) is 4.74. The molecule has 1 nitrogen and oxygen atoms in total. The van der Waals surface area contributed by atoms with Gasteiger partial charge in [-0.15, -0.1) is 11.3 Å². The average Bonchev–Trinajstić information content (AvgIpc) is 4.11. The summed E-state index contributed by atoms with van der Waals surface area (Å²) in [5, 5.41) is 5.23. The summed E-state index contributed by atoms with van der Waals surface area (Å²) in [5.74, 6) is 0. The van der Waals surface area contributed by atoms with Gasteiger partial charge in [0.2, 0.25) is 0 Å². The molecule has 2 heteroatoms. The third-order valence-corrected chi connectivity index (χ3v) is 17.3. The van der Waals surface area contributed by atoms with Crippen LogP contribution in [-0.4, -0.2) is 0 Å². The fraction of sp³-hybridized carbons (Fsp3) is 0.0588. The van der Waals surface area contributed by atoms with Gasteiger partial charge in [0.15, 0.2) is 0 Å². The number of rotatable bonds is 5. The zero-order valence-electron chi connectivity index (χ0n) is 38.9. The summed E-state index contributed by atoms with van der Waals surface area (Å²) in [6, 6.07) is 89.1. The summed E-state index contributed by atoms with van der Waals surface area (Å²) in [7, 11) is 0. The number of hydrogen-bond acceptors (Lipinski definition) is 2. The Bertz CT molecular complexity index is 4150. The molecule has 11 aromatic carbocycles. The molecular weight excluding hydrogens is 863 g/mol. The van der Waals surface area contributed by atoms with E-state index in [1.54, 1.807) is 0 Å². The standard InChI is InChI=1S/C68H45NS/c1-67(2)57-24-9-5-17-51(57)52-39-38-47(41-62(52)67)69(46-36-31-44(32-37-46)50-22-13-23-54-53-18-8-12-28-63(53)70-66(50)54)45-34-29-43(30-35-45)49-21-14-27-60-64(49)55-19-6-10-25-58(55)68(60)59-26-11-7-20-56(59)65-48-16-4-3-15-42(48)33-40-61(65)68/h3-41H,1-2H3. The fourth-order valence-corrected chi connectivity index (χ4v) is 14.3. The van der Waals surface area contributed by atoms with E-state index in [1.807, 2.05) is 11.3 Å². The Hall–Kier alpha value is -8.30. The topological polar surface area (TPSA) is 3.24 Å². The van der Waals surface area contributed by atoms with Crippen LogP contribution in [0.5, 0.6) is 0 Å². The van der Waals surface area contributed by atoms with E-state index in [4.69, 9.17) is 0 Å². The molecule has 1 heterocycles. The van der Waals surface area contributed by atoms with Crippen LogP contribution in [0.1, 0.15) is 47.2 Å². The van der Waals surface area contributed by atoms with Crippen molar-refractivity contribution in [3.63, 3.8) is 0 Å². The van der Waals surface area contributed by atoms with Gasteiger partial charge in [-0.1, -0.05) is 208 Å². The monoisotopic (exact) mass is 907 g/mol. The number of nitrogens with zero attached hydrogens (tertiary/aromatic N) is 1. The first-order chi connectivity index (χ1) is 34.5. The molecular formula is C68H45NS. The lowest BCUT2D eigenvalue weighted by molar-refractivity contribution is 0.660. The fourth-order valence-electron chi connectivity index (χ4n) is 13.0. The molecule has 0 amide bonds. The molecule has 70 heavy (non-hydrogen) atoms. The number of thiophene rings is 1. The Balaban J connectivity index is 0.879. The van der Waals surface area contributed by atoms with Crippen LogP contribution in [0.25, 0.3) is 86.6 Å². The Morgan fingerprint density at radius 3 is 1.60 bits per heavy atom. The second-order valence-electron chi connectivity index (χ2n) is 19.9. The Labute approximate surface area is 412 Å². The van der Waals surface area contributed by atoms with E-state index in [0.717, 1.165) is 17.1 Å². The second kappa shape index (κ2) is 14.6. The van der Waals surface area contributed by atoms with E-state index in [1.165, 1.54) is 120 Å². The minimum Gasteiger partial charge on any atom is -0.310 e. The molecule has 328 valence electrons. The summed E-state index contributed by atoms with van der Waals surface area (Å²) in [5.41, 5.74) is 23.9. The Morgan fingerprint density at radius 1 is 0.329 bits per heavy atom. The lowest BCUT2D eigenvalue weighted by atomic mass is 9.70. The van der Waals surface area contributed by atoms with Gasteiger partial charge in [0.05, 0.1) is 5.41 Å². The lowest BCUT2D eigenvalue weighted by Gasteiger charge is -2.30. The van der Waals surface area contributed by atoms with Gasteiger partial charge in [-0.25, -0.2) is 0 Å². The maximum absolute atomic E-state index is 2.45. The summed E-state index contributed by atoms with van der Waals surface area (Å²) in [4.78, 5) is 2.45. The van der Waals surface area contributed by atoms with Crippen molar-refractivity contribution in [3.8, 4) is 55.6 Å². The van der Waals surface area contributed by atoms with Crippen LogP contribution in [0.3, 0.4) is 0 Å². The van der Waals surface area contributed by atoms with Crippen molar-refractivity contribution in [2.45, 2.75) is 24.7 Å². The molecule has 12 aromatic rings. The average molecular weight is 908 g/mol. The van der Waals surface area contributed by atoms with Crippen molar-refractivity contribution in [1.29, 1.82) is 0 Å². The quantitative estimate of drug-likeness (QED) is 0.166. The van der Waals surface area contributed by atoms with Crippen LogP contribution in [0, 0.1) is 0 Å². The number of anilines is 3. The lowest BCUT2D eigenvalue weighted by Crippen LogP contribution is -2.25. The molecule has 0 aliphatic heterocycles. The molecule has 0 saturated carbocycles. The normalized spacial score (nSPS) is 15.5. The smallest absolute Gasteiger partial charge is 0.0725 e. The predicted octanol–water partition coefficient (Wildman–Crippen LogP) is 18.7. The molecule has 1 spiro atoms. The maximum atomic E-state index is 2.45. The van der Waals surface area contributed by atoms with Crippen molar-refractivity contribution < 1.29 is 0 Å². The molecule has 1 atom stereocenters. The largest absolute Gasteiger partial charge is 0.310 e. The predicted molar refractivity (Wildman–Crippen MR) is 296 cm³/mol. The zero-order valence-corrected chi connectivity index (χ0v) is 39.7. The minimum absolute atomic E-state index is 0.126. The van der Waals surface area contributed by atoms with E-state index >= 15 is 0 Å². The maximum Gasteiger partial charge on any atom is 0.0725 e. The van der Waals surface area contributed by atoms with Gasteiger partial charge in [0.1, 0.15) is 0 Å². The molecule has 0 radical (unpaired) electrons. The van der Waals surface area contributed by atoms with Crippen LogP contribution in [-0.2, 0) is 10.8 Å². The first-order valence-corrected chi connectivity index (χ1v) is 25.3. The van der Waals surface area contributed by atoms with Crippen LogP contribution in [0.2, 0.25) is 0 Å². The van der Waals surface area contributed by atoms with Crippen molar-refractivity contribution >= 4 is 59.3 Å². The van der Waals surface area contributed by atoms with E-state index in [2.05, 4.69) is 255 Å². The van der Waals surface area contributed by atoms with E-state index < -0.39 is 5.41 Å². The van der Waals surface area contributed by atoms with E-state index in [-0.39, 0.29) is 5.41 Å². The minimum atomic E-state index is -0.426. The van der Waals surface area contributed by atoms with Crippen LogP contribution < -0.4 is 4.90 Å². The first kappa shape index (κ1) is 39.7. The van der Waals surface area contributed by atoms with Crippen molar-refractivity contribution in [1.82, 2.24) is 0 Å². The number of hydrogen-bond donors (Lipinski definition) is 0. The van der Waals surface area contributed by atoms with Gasteiger partial charge >= 0.3 is 0 Å². The summed E-state index contributed by atoms with van der Waals surface area (Å²) >= 11 is 1.89. The number of benzene rings is 11. The Kier molecular flexibility index (Phi) is 8.28. The molecule has 3 aliphatic carbocycles. The highest BCUT2D eigenvalue weighted by Gasteiger charge is 2.52. The molecule has 3 aliphatic rings. The van der Waals surface area contributed by atoms with Crippen molar-refractivity contribution in [2.24, 2.45) is 0 Å². The van der Waals surface area contributed by atoms with Gasteiger partial charge < -0.3 is 4.90 Å². The SMILES string of the molecule is CC1(C)c2ccccc2-c2ccc(N(c3ccc(-c4cccc5c4-c4ccccc4C54c5ccccc5-c5c4ccc4ccccc54)cc3)c3ccc(-c4cccc5c4sc4ccccc45)cc3)cc21. The van der Waals surface area contributed by atoms with Crippen molar-refractivity contribution in [2.75, 3.05) is 4.90 Å². The van der Waals surface area contributed by atoms with Gasteiger partial charge in [0, 0.05) is 42.6 Å². The Morgan fingerprint density at radius 2 is 0.843 bits per heavy atom. The molecule has 0 fully saturated rings. The van der Waals surface area contributed by atoms with E-state index in [0.29, 0.717) is 0 Å². The zero-order chi connectivity index (χ0) is 46.3. The van der Waals surface area contributed by atoms with Crippen molar-refractivity contribution in [3.05, 3.63) is 270 Å². The molecule has 1 unspecified atom stereocenters. The highest BCUT2D eigenvalue weighted by atomic mass is 32.1. The summed E-state index contributed by atoms with van der Waals surface area (Å²) in [6.07, 6.45) is 0. The van der Waals surface area contributed by atoms with Crippen LogP contribution in [0.4, 0.5) is 17.1 Å². The number of fused-ring (bicyclic) bond motifs is 18. The highest BCUT2D eigenvalue weighted by molar-refractivity contribution is 7.26. The molecule has 0 N–H and O–H groups in total. The molecule has 15 rings (SSSR count). The third-order valence-electron chi connectivity index (χ3n) is 16.1. The second-order valence-corrected chi connectivity index (χ2v) is 20.9. The van der Waals surface area contributed by atoms with Crippen LogP contribution in [0.15, 0.2) is 237 Å². The van der Waals surface area contributed by atoms with Gasteiger partial charge in [-0.05, 0) is 142 Å². The first-order valence-electron chi connectivity index (χ1n) is 24.5.